The molecule has 0 spiro atoms. The third-order valence-electron chi connectivity index (χ3n) is 4.08. The average Bonchev–Trinajstić information content (AvgIpc) is 3.23. The minimum absolute atomic E-state index is 0.00875. The average molecular weight is 308 g/mol. The number of methoxy groups -OCH3 is 1. The lowest BCUT2D eigenvalue weighted by molar-refractivity contribution is -0.151. The normalized spacial score (nSPS) is 22.2. The second-order valence-corrected chi connectivity index (χ2v) is 6.31. The fourth-order valence-corrected chi connectivity index (χ4v) is 2.56. The Morgan fingerprint density at radius 1 is 1.29 bits per heavy atom. The molecule has 2 rings (SSSR count). The molecule has 0 aromatic carbocycles. The van der Waals surface area contributed by atoms with E-state index in [2.05, 4.69) is 5.32 Å². The van der Waals surface area contributed by atoms with Crippen LogP contribution in [0.4, 0.5) is 13.2 Å². The first-order chi connectivity index (χ1) is 9.73. The predicted octanol–water partition coefficient (Wildman–Crippen LogP) is 2.09. The maximum atomic E-state index is 12.6. The van der Waals surface area contributed by atoms with E-state index in [1.165, 1.54) is 12.0 Å². The predicted molar refractivity (Wildman–Crippen MR) is 71.8 cm³/mol. The molecular weight excluding hydrogens is 285 g/mol. The smallest absolute Gasteiger partial charge is 0.401 e. The van der Waals surface area contributed by atoms with Crippen LogP contribution in [0.15, 0.2) is 0 Å². The van der Waals surface area contributed by atoms with Gasteiger partial charge < -0.3 is 4.74 Å². The maximum Gasteiger partial charge on any atom is 0.401 e. The fraction of sp³-hybridized carbons (Fsp3) is 0.929. The van der Waals surface area contributed by atoms with Crippen molar-refractivity contribution in [3.8, 4) is 0 Å². The number of nitrogens with zero attached hydrogens (tertiary/aromatic N) is 1. The number of hydrogen-bond donors (Lipinski definition) is 1. The second-order valence-electron chi connectivity index (χ2n) is 6.31. The molecular formula is C14H23F3N2O2. The number of rotatable bonds is 8. The van der Waals surface area contributed by atoms with Gasteiger partial charge in [0, 0.05) is 18.6 Å². The molecule has 1 N–H and O–H groups in total. The lowest BCUT2D eigenvalue weighted by Gasteiger charge is -2.31. The summed E-state index contributed by atoms with van der Waals surface area (Å²) in [7, 11) is 1.31. The third-order valence-corrected chi connectivity index (χ3v) is 4.08. The van der Waals surface area contributed by atoms with Crippen molar-refractivity contribution in [3.05, 3.63) is 0 Å². The third kappa shape index (κ3) is 5.14. The van der Waals surface area contributed by atoms with Crippen molar-refractivity contribution in [1.82, 2.24) is 10.2 Å². The van der Waals surface area contributed by atoms with E-state index < -0.39 is 24.2 Å². The van der Waals surface area contributed by atoms with Crippen molar-refractivity contribution in [1.29, 1.82) is 0 Å². The van der Waals surface area contributed by atoms with Crippen molar-refractivity contribution in [3.63, 3.8) is 0 Å². The van der Waals surface area contributed by atoms with E-state index in [-0.39, 0.29) is 18.6 Å². The molecule has 1 atom stereocenters. The van der Waals surface area contributed by atoms with E-state index in [4.69, 9.17) is 4.74 Å². The monoisotopic (exact) mass is 308 g/mol. The highest BCUT2D eigenvalue weighted by molar-refractivity contribution is 5.80. The Hall–Kier alpha value is -0.820. The molecule has 0 radical (unpaired) electrons. The fourth-order valence-electron chi connectivity index (χ4n) is 2.56. The summed E-state index contributed by atoms with van der Waals surface area (Å²) < 4.78 is 42.6. The molecule has 0 heterocycles. The Labute approximate surface area is 123 Å². The standard InChI is InChI=1S/C14H23F3N2O2/c1-13(12(20)21-2,18-10-3-4-10)7-8-19(11-5-6-11)9-14(15,16)17/h10-11,18H,3-9H2,1-2H3. The summed E-state index contributed by atoms with van der Waals surface area (Å²) in [6.45, 7) is 1.06. The van der Waals surface area contributed by atoms with Crippen LogP contribution in [-0.2, 0) is 9.53 Å². The Morgan fingerprint density at radius 3 is 2.33 bits per heavy atom. The van der Waals surface area contributed by atoms with Gasteiger partial charge in [0.1, 0.15) is 5.54 Å². The summed E-state index contributed by atoms with van der Waals surface area (Å²) in [6.07, 6.45) is -0.262. The molecule has 0 bridgehead atoms. The highest BCUT2D eigenvalue weighted by Crippen LogP contribution is 2.31. The number of ether oxygens (including phenoxy) is 1. The van der Waals surface area contributed by atoms with Crippen LogP contribution in [-0.4, -0.2) is 54.9 Å². The van der Waals surface area contributed by atoms with Crippen LogP contribution in [0.2, 0.25) is 0 Å². The van der Waals surface area contributed by atoms with Crippen molar-refractivity contribution < 1.29 is 22.7 Å². The van der Waals surface area contributed by atoms with Gasteiger partial charge in [-0.25, -0.2) is 0 Å². The molecule has 122 valence electrons. The molecule has 21 heavy (non-hydrogen) atoms. The Kier molecular flexibility index (Phi) is 4.82. The molecule has 0 aliphatic heterocycles. The summed E-state index contributed by atoms with van der Waals surface area (Å²) in [4.78, 5) is 13.4. The molecule has 7 heteroatoms. The molecule has 2 saturated carbocycles. The van der Waals surface area contributed by atoms with E-state index in [9.17, 15) is 18.0 Å². The Bertz CT molecular complexity index is 381. The first kappa shape index (κ1) is 16.5. The number of hydrogen-bond acceptors (Lipinski definition) is 4. The van der Waals surface area contributed by atoms with Gasteiger partial charge in [0.25, 0.3) is 0 Å². The molecule has 4 nitrogen and oxygen atoms in total. The van der Waals surface area contributed by atoms with Crippen molar-refractivity contribution in [2.24, 2.45) is 0 Å². The molecule has 0 saturated heterocycles. The van der Waals surface area contributed by atoms with Crippen LogP contribution in [0.5, 0.6) is 0 Å². The van der Waals surface area contributed by atoms with E-state index in [0.717, 1.165) is 25.7 Å². The SMILES string of the molecule is COC(=O)C(C)(CCN(CC(F)(F)F)C1CC1)NC1CC1. The Balaban J connectivity index is 1.93. The number of alkyl halides is 3. The van der Waals surface area contributed by atoms with Crippen molar-refractivity contribution in [2.75, 3.05) is 20.2 Å². The first-order valence-electron chi connectivity index (χ1n) is 7.40. The molecule has 0 amide bonds. The molecule has 0 aromatic heterocycles. The first-order valence-corrected chi connectivity index (χ1v) is 7.40. The van der Waals surface area contributed by atoms with Crippen LogP contribution in [0.25, 0.3) is 0 Å². The van der Waals surface area contributed by atoms with E-state index in [1.54, 1.807) is 6.92 Å². The number of carbonyl (C=O) groups is 1. The lowest BCUT2D eigenvalue weighted by Crippen LogP contribution is -2.53. The van der Waals surface area contributed by atoms with Crippen LogP contribution in [0, 0.1) is 0 Å². The molecule has 0 aromatic rings. The van der Waals surface area contributed by atoms with Gasteiger partial charge in [-0.2, -0.15) is 13.2 Å². The summed E-state index contributed by atoms with van der Waals surface area (Å²) in [5.41, 5.74) is -0.908. The van der Waals surface area contributed by atoms with Gasteiger partial charge >= 0.3 is 12.1 Å². The van der Waals surface area contributed by atoms with Crippen LogP contribution >= 0.6 is 0 Å². The second kappa shape index (κ2) is 6.12. The molecule has 2 aliphatic rings. The van der Waals surface area contributed by atoms with E-state index in [0.29, 0.717) is 6.42 Å². The highest BCUT2D eigenvalue weighted by Gasteiger charge is 2.42. The zero-order chi connectivity index (χ0) is 15.7. The minimum atomic E-state index is -4.20. The zero-order valence-electron chi connectivity index (χ0n) is 12.5. The summed E-state index contributed by atoms with van der Waals surface area (Å²) >= 11 is 0. The number of carbonyl (C=O) groups excluding carboxylic acids is 1. The van der Waals surface area contributed by atoms with Crippen LogP contribution < -0.4 is 5.32 Å². The number of nitrogens with one attached hydrogen (secondary N) is 1. The number of esters is 1. The van der Waals surface area contributed by atoms with Gasteiger partial charge in [0.15, 0.2) is 0 Å². The maximum absolute atomic E-state index is 12.6. The van der Waals surface area contributed by atoms with Gasteiger partial charge in [-0.15, -0.1) is 0 Å². The van der Waals surface area contributed by atoms with Gasteiger partial charge in [0.05, 0.1) is 13.7 Å². The van der Waals surface area contributed by atoms with Gasteiger partial charge in [-0.3, -0.25) is 15.0 Å². The van der Waals surface area contributed by atoms with Crippen LogP contribution in [0.1, 0.15) is 39.0 Å². The Morgan fingerprint density at radius 2 is 1.90 bits per heavy atom. The number of halogens is 3. The summed E-state index contributed by atoms with van der Waals surface area (Å²) in [5.74, 6) is -0.405. The molecule has 2 fully saturated rings. The summed E-state index contributed by atoms with van der Waals surface area (Å²) in [5, 5.41) is 3.21. The quantitative estimate of drug-likeness (QED) is 0.697. The van der Waals surface area contributed by atoms with Gasteiger partial charge in [-0.05, 0) is 39.0 Å². The summed E-state index contributed by atoms with van der Waals surface area (Å²) in [6, 6.07) is 0.292. The van der Waals surface area contributed by atoms with E-state index >= 15 is 0 Å². The van der Waals surface area contributed by atoms with Gasteiger partial charge in [-0.1, -0.05) is 0 Å². The molecule has 2 aliphatic carbocycles. The van der Waals surface area contributed by atoms with Crippen molar-refractivity contribution in [2.45, 2.75) is 62.8 Å². The minimum Gasteiger partial charge on any atom is -0.468 e. The van der Waals surface area contributed by atoms with E-state index in [1.807, 2.05) is 0 Å². The highest BCUT2D eigenvalue weighted by atomic mass is 19.4. The molecule has 1 unspecified atom stereocenters. The lowest BCUT2D eigenvalue weighted by atomic mass is 9.97. The van der Waals surface area contributed by atoms with Crippen molar-refractivity contribution >= 4 is 5.97 Å². The largest absolute Gasteiger partial charge is 0.468 e. The van der Waals surface area contributed by atoms with Crippen LogP contribution in [0.3, 0.4) is 0 Å². The van der Waals surface area contributed by atoms with Gasteiger partial charge in [0.2, 0.25) is 0 Å². The topological polar surface area (TPSA) is 41.6 Å². The zero-order valence-corrected chi connectivity index (χ0v) is 12.5.